The molecular formula is C20H23NO2. The number of hydrogen-bond acceptors (Lipinski definition) is 2. The quantitative estimate of drug-likeness (QED) is 0.947. The van der Waals surface area contributed by atoms with Crippen molar-refractivity contribution >= 4 is 5.91 Å². The number of likely N-dealkylation sites (tertiary alicyclic amines) is 1. The van der Waals surface area contributed by atoms with Crippen LogP contribution in [0.3, 0.4) is 0 Å². The third-order valence-corrected chi connectivity index (χ3v) is 4.81. The average molecular weight is 309 g/mol. The van der Waals surface area contributed by atoms with Crippen molar-refractivity contribution in [1.29, 1.82) is 0 Å². The molecule has 3 heteroatoms. The number of amides is 1. The van der Waals surface area contributed by atoms with E-state index in [1.54, 1.807) is 6.92 Å². The predicted molar refractivity (Wildman–Crippen MR) is 91.2 cm³/mol. The lowest BCUT2D eigenvalue weighted by molar-refractivity contribution is -0.141. The molecule has 1 aliphatic rings. The summed E-state index contributed by atoms with van der Waals surface area (Å²) in [6, 6.07) is 20.8. The molecule has 3 nitrogen and oxygen atoms in total. The van der Waals surface area contributed by atoms with E-state index < -0.39 is 6.10 Å². The van der Waals surface area contributed by atoms with Gasteiger partial charge in [0, 0.05) is 18.5 Å². The average Bonchev–Trinajstić information content (AvgIpc) is 2.62. The van der Waals surface area contributed by atoms with E-state index in [9.17, 15) is 9.90 Å². The summed E-state index contributed by atoms with van der Waals surface area (Å²) in [5.41, 5.74) is 2.26. The Morgan fingerprint density at radius 1 is 1.04 bits per heavy atom. The first-order chi connectivity index (χ1) is 11.1. The van der Waals surface area contributed by atoms with E-state index in [2.05, 4.69) is 48.5 Å². The fourth-order valence-corrected chi connectivity index (χ4v) is 3.66. The van der Waals surface area contributed by atoms with Crippen LogP contribution in [0.5, 0.6) is 0 Å². The van der Waals surface area contributed by atoms with Crippen molar-refractivity contribution in [1.82, 2.24) is 4.90 Å². The molecule has 1 amide bonds. The molecule has 23 heavy (non-hydrogen) atoms. The Balaban J connectivity index is 2.05. The molecule has 1 heterocycles. The third kappa shape index (κ3) is 3.02. The van der Waals surface area contributed by atoms with Crippen LogP contribution in [0.4, 0.5) is 0 Å². The number of benzene rings is 2. The van der Waals surface area contributed by atoms with Crippen molar-refractivity contribution < 1.29 is 9.90 Å². The predicted octanol–water partition coefficient (Wildman–Crippen LogP) is 2.98. The maximum atomic E-state index is 12.3. The van der Waals surface area contributed by atoms with Crippen LogP contribution >= 0.6 is 0 Å². The number of rotatable bonds is 3. The molecule has 1 aliphatic heterocycles. The number of piperidine rings is 1. The lowest BCUT2D eigenvalue weighted by Crippen LogP contribution is -2.51. The lowest BCUT2D eigenvalue weighted by Gasteiger charge is -2.44. The normalized spacial score (nSPS) is 18.4. The van der Waals surface area contributed by atoms with Crippen molar-refractivity contribution in [3.63, 3.8) is 0 Å². The summed E-state index contributed by atoms with van der Waals surface area (Å²) in [5.74, 6) is -0.180. The van der Waals surface area contributed by atoms with Gasteiger partial charge in [-0.15, -0.1) is 0 Å². The molecule has 2 aromatic carbocycles. The first kappa shape index (κ1) is 15.8. The number of hydrogen-bond donors (Lipinski definition) is 1. The maximum Gasteiger partial charge on any atom is 0.251 e. The van der Waals surface area contributed by atoms with E-state index >= 15 is 0 Å². The number of carbonyl (C=O) groups excluding carboxylic acids is 1. The zero-order valence-corrected chi connectivity index (χ0v) is 13.5. The monoisotopic (exact) mass is 309 g/mol. The van der Waals surface area contributed by atoms with Crippen molar-refractivity contribution in [2.24, 2.45) is 0 Å². The maximum absolute atomic E-state index is 12.3. The summed E-state index contributed by atoms with van der Waals surface area (Å²) in [6.45, 7) is 2.87. The van der Waals surface area contributed by atoms with Gasteiger partial charge in [-0.2, -0.15) is 0 Å². The number of carbonyl (C=O) groups is 1. The first-order valence-electron chi connectivity index (χ1n) is 8.21. The van der Waals surface area contributed by atoms with E-state index in [1.165, 1.54) is 11.1 Å². The van der Waals surface area contributed by atoms with Crippen LogP contribution < -0.4 is 0 Å². The van der Waals surface area contributed by atoms with Gasteiger partial charge in [0.05, 0.1) is 0 Å². The second-order valence-electron chi connectivity index (χ2n) is 6.35. The first-order valence-corrected chi connectivity index (χ1v) is 8.21. The Morgan fingerprint density at radius 3 is 2.04 bits per heavy atom. The molecule has 0 bridgehead atoms. The van der Waals surface area contributed by atoms with E-state index in [0.29, 0.717) is 13.1 Å². The molecule has 1 fully saturated rings. The van der Waals surface area contributed by atoms with Crippen molar-refractivity contribution in [3.05, 3.63) is 71.8 Å². The second kappa shape index (κ2) is 6.55. The van der Waals surface area contributed by atoms with Crippen LogP contribution in [0.1, 0.15) is 30.9 Å². The van der Waals surface area contributed by atoms with Gasteiger partial charge in [0.1, 0.15) is 6.10 Å². The van der Waals surface area contributed by atoms with Crippen molar-refractivity contribution in [2.75, 3.05) is 13.1 Å². The number of aliphatic hydroxyl groups excluding tert-OH is 1. The Labute approximate surface area is 137 Å². The highest BCUT2D eigenvalue weighted by Crippen LogP contribution is 2.40. The molecule has 1 N–H and O–H groups in total. The molecule has 120 valence electrons. The van der Waals surface area contributed by atoms with Gasteiger partial charge >= 0.3 is 0 Å². The minimum absolute atomic E-state index is 0.180. The van der Waals surface area contributed by atoms with Crippen LogP contribution in [0.25, 0.3) is 0 Å². The highest BCUT2D eigenvalue weighted by molar-refractivity contribution is 5.80. The molecule has 0 unspecified atom stereocenters. The van der Waals surface area contributed by atoms with E-state index in [0.717, 1.165) is 12.8 Å². The van der Waals surface area contributed by atoms with Gasteiger partial charge < -0.3 is 10.0 Å². The Morgan fingerprint density at radius 2 is 1.57 bits per heavy atom. The standard InChI is InChI=1S/C20H23NO2/c1-16(22)19(23)21-14-8-13-20(15-21,17-9-4-2-5-10-17)18-11-6-3-7-12-18/h2-7,9-12,16,22H,8,13-15H2,1H3/t16-/m1/s1. The highest BCUT2D eigenvalue weighted by Gasteiger charge is 2.40. The topological polar surface area (TPSA) is 40.5 Å². The fourth-order valence-electron chi connectivity index (χ4n) is 3.66. The summed E-state index contributed by atoms with van der Waals surface area (Å²) >= 11 is 0. The Bertz CT molecular complexity index is 612. The lowest BCUT2D eigenvalue weighted by atomic mass is 9.69. The van der Waals surface area contributed by atoms with E-state index in [1.807, 2.05) is 17.0 Å². The second-order valence-corrected chi connectivity index (χ2v) is 6.35. The van der Waals surface area contributed by atoms with Gasteiger partial charge in [0.2, 0.25) is 0 Å². The fraction of sp³-hybridized carbons (Fsp3) is 0.350. The molecule has 0 spiro atoms. The largest absolute Gasteiger partial charge is 0.384 e. The number of nitrogens with zero attached hydrogens (tertiary/aromatic N) is 1. The van der Waals surface area contributed by atoms with Crippen molar-refractivity contribution in [3.8, 4) is 0 Å². The zero-order valence-electron chi connectivity index (χ0n) is 13.5. The molecule has 2 aromatic rings. The summed E-state index contributed by atoms with van der Waals surface area (Å²) in [7, 11) is 0. The summed E-state index contributed by atoms with van der Waals surface area (Å²) in [5, 5.41) is 9.69. The van der Waals surface area contributed by atoms with Crippen LogP contribution in [0, 0.1) is 0 Å². The van der Waals surface area contributed by atoms with Crippen LogP contribution in [0.2, 0.25) is 0 Å². The third-order valence-electron chi connectivity index (χ3n) is 4.81. The van der Waals surface area contributed by atoms with Crippen molar-refractivity contribution in [2.45, 2.75) is 31.3 Å². The van der Waals surface area contributed by atoms with Crippen LogP contribution in [-0.4, -0.2) is 35.1 Å². The molecule has 0 saturated carbocycles. The molecule has 1 saturated heterocycles. The molecule has 0 aromatic heterocycles. The van der Waals surface area contributed by atoms with Gasteiger partial charge in [-0.25, -0.2) is 0 Å². The van der Waals surface area contributed by atoms with Gasteiger partial charge in [0.25, 0.3) is 5.91 Å². The molecule has 3 rings (SSSR count). The highest BCUT2D eigenvalue weighted by atomic mass is 16.3. The Hall–Kier alpha value is -2.13. The summed E-state index contributed by atoms with van der Waals surface area (Å²) in [4.78, 5) is 14.1. The minimum Gasteiger partial charge on any atom is -0.384 e. The molecule has 1 atom stereocenters. The number of aliphatic hydroxyl groups is 1. The summed E-state index contributed by atoms with van der Waals surface area (Å²) in [6.07, 6.45) is 0.990. The SMILES string of the molecule is C[C@@H](O)C(=O)N1CCCC(c2ccccc2)(c2ccccc2)C1. The molecular weight excluding hydrogens is 286 g/mol. The van der Waals surface area contributed by atoms with Gasteiger partial charge in [0.15, 0.2) is 0 Å². The van der Waals surface area contributed by atoms with Gasteiger partial charge in [-0.05, 0) is 30.9 Å². The minimum atomic E-state index is -0.947. The zero-order chi connectivity index (χ0) is 16.3. The van der Waals surface area contributed by atoms with E-state index in [-0.39, 0.29) is 11.3 Å². The Kier molecular flexibility index (Phi) is 4.49. The van der Waals surface area contributed by atoms with E-state index in [4.69, 9.17) is 0 Å². The summed E-state index contributed by atoms with van der Waals surface area (Å²) < 4.78 is 0. The molecule has 0 aliphatic carbocycles. The van der Waals surface area contributed by atoms with Gasteiger partial charge in [-0.1, -0.05) is 60.7 Å². The molecule has 0 radical (unpaired) electrons. The van der Waals surface area contributed by atoms with Crippen LogP contribution in [-0.2, 0) is 10.2 Å². The van der Waals surface area contributed by atoms with Gasteiger partial charge in [-0.3, -0.25) is 4.79 Å². The van der Waals surface area contributed by atoms with Crippen LogP contribution in [0.15, 0.2) is 60.7 Å². The smallest absolute Gasteiger partial charge is 0.251 e.